The molecule has 0 spiro atoms. The molecule has 0 bridgehead atoms. The standard InChI is InChI=1S/C15H24N2O2/c1-4-7-14(16)15(18)17-12-8-6-9-13(10-12)19-11(3)5-2/h6,8-11,14H,4-5,7,16H2,1-3H3,(H,17,18)/t11?,14-/m0/s1. The van der Waals surface area contributed by atoms with Gasteiger partial charge in [0, 0.05) is 11.8 Å². The van der Waals surface area contributed by atoms with Crippen LogP contribution in [0.4, 0.5) is 5.69 Å². The van der Waals surface area contributed by atoms with Gasteiger partial charge in [-0.1, -0.05) is 26.3 Å². The van der Waals surface area contributed by atoms with Crippen molar-refractivity contribution in [1.82, 2.24) is 0 Å². The third-order valence-corrected chi connectivity index (χ3v) is 2.95. The van der Waals surface area contributed by atoms with E-state index in [2.05, 4.69) is 12.2 Å². The summed E-state index contributed by atoms with van der Waals surface area (Å²) in [6.07, 6.45) is 2.69. The minimum absolute atomic E-state index is 0.150. The van der Waals surface area contributed by atoms with Crippen molar-refractivity contribution in [2.45, 2.75) is 52.2 Å². The molecule has 0 saturated heterocycles. The first-order valence-corrected chi connectivity index (χ1v) is 6.90. The van der Waals surface area contributed by atoms with Crippen LogP contribution >= 0.6 is 0 Å². The second kappa shape index (κ2) is 7.79. The van der Waals surface area contributed by atoms with Crippen molar-refractivity contribution in [3.63, 3.8) is 0 Å². The molecule has 19 heavy (non-hydrogen) atoms. The highest BCUT2D eigenvalue weighted by atomic mass is 16.5. The first kappa shape index (κ1) is 15.5. The van der Waals surface area contributed by atoms with Crippen LogP contribution in [-0.4, -0.2) is 18.1 Å². The van der Waals surface area contributed by atoms with Gasteiger partial charge in [-0.05, 0) is 31.9 Å². The zero-order chi connectivity index (χ0) is 14.3. The highest BCUT2D eigenvalue weighted by Crippen LogP contribution is 2.19. The SMILES string of the molecule is CCC[C@H](N)C(=O)Nc1cccc(OC(C)CC)c1. The molecule has 0 aliphatic rings. The van der Waals surface area contributed by atoms with Gasteiger partial charge in [0.15, 0.2) is 0 Å². The Morgan fingerprint density at radius 2 is 2.16 bits per heavy atom. The zero-order valence-corrected chi connectivity index (χ0v) is 12.0. The molecule has 0 saturated carbocycles. The second-order valence-corrected chi connectivity index (χ2v) is 4.75. The molecule has 4 nitrogen and oxygen atoms in total. The van der Waals surface area contributed by atoms with Gasteiger partial charge in [0.2, 0.25) is 5.91 Å². The van der Waals surface area contributed by atoms with Crippen LogP contribution in [0.25, 0.3) is 0 Å². The molecule has 1 unspecified atom stereocenters. The number of carbonyl (C=O) groups is 1. The fraction of sp³-hybridized carbons (Fsp3) is 0.533. The summed E-state index contributed by atoms with van der Waals surface area (Å²) in [6.45, 7) is 6.09. The molecule has 0 fully saturated rings. The van der Waals surface area contributed by atoms with E-state index in [0.29, 0.717) is 6.42 Å². The maximum absolute atomic E-state index is 11.8. The van der Waals surface area contributed by atoms with Crippen molar-refractivity contribution in [2.24, 2.45) is 5.73 Å². The molecule has 106 valence electrons. The molecule has 0 heterocycles. The molecule has 2 atom stereocenters. The molecule has 0 aromatic heterocycles. The lowest BCUT2D eigenvalue weighted by molar-refractivity contribution is -0.117. The molecule has 0 radical (unpaired) electrons. The van der Waals surface area contributed by atoms with Gasteiger partial charge >= 0.3 is 0 Å². The van der Waals surface area contributed by atoms with Gasteiger partial charge in [-0.3, -0.25) is 4.79 Å². The van der Waals surface area contributed by atoms with E-state index in [9.17, 15) is 4.79 Å². The van der Waals surface area contributed by atoms with Gasteiger partial charge in [0.05, 0.1) is 12.1 Å². The van der Waals surface area contributed by atoms with Crippen molar-refractivity contribution >= 4 is 11.6 Å². The van der Waals surface area contributed by atoms with Gasteiger partial charge in [0.25, 0.3) is 0 Å². The highest BCUT2D eigenvalue weighted by molar-refractivity contribution is 5.94. The summed E-state index contributed by atoms with van der Waals surface area (Å²) in [5, 5.41) is 2.81. The molecule has 1 aromatic rings. The number of carbonyl (C=O) groups excluding carboxylic acids is 1. The number of amides is 1. The zero-order valence-electron chi connectivity index (χ0n) is 12.0. The van der Waals surface area contributed by atoms with E-state index in [0.717, 1.165) is 24.3 Å². The summed E-state index contributed by atoms with van der Waals surface area (Å²) < 4.78 is 5.71. The summed E-state index contributed by atoms with van der Waals surface area (Å²) in [4.78, 5) is 11.8. The van der Waals surface area contributed by atoms with Crippen LogP contribution < -0.4 is 15.8 Å². The fourth-order valence-electron chi connectivity index (χ4n) is 1.64. The van der Waals surface area contributed by atoms with Crippen molar-refractivity contribution in [3.05, 3.63) is 24.3 Å². The summed E-state index contributed by atoms with van der Waals surface area (Å²) in [5.41, 5.74) is 6.49. The van der Waals surface area contributed by atoms with Gasteiger partial charge in [-0.2, -0.15) is 0 Å². The topological polar surface area (TPSA) is 64.4 Å². The van der Waals surface area contributed by atoms with Crippen molar-refractivity contribution < 1.29 is 9.53 Å². The van der Waals surface area contributed by atoms with E-state index >= 15 is 0 Å². The maximum atomic E-state index is 11.8. The van der Waals surface area contributed by atoms with Gasteiger partial charge in [0.1, 0.15) is 5.75 Å². The number of hydrogen-bond donors (Lipinski definition) is 2. The normalized spacial score (nSPS) is 13.7. The van der Waals surface area contributed by atoms with Crippen LogP contribution in [0.15, 0.2) is 24.3 Å². The molecule has 4 heteroatoms. The predicted molar refractivity (Wildman–Crippen MR) is 78.3 cm³/mol. The number of hydrogen-bond acceptors (Lipinski definition) is 3. The van der Waals surface area contributed by atoms with E-state index in [1.165, 1.54) is 0 Å². The van der Waals surface area contributed by atoms with Crippen LogP contribution in [-0.2, 0) is 4.79 Å². The van der Waals surface area contributed by atoms with E-state index in [1.807, 2.05) is 38.1 Å². The molecule has 1 rings (SSSR count). The Balaban J connectivity index is 2.64. The molecular weight excluding hydrogens is 240 g/mol. The minimum atomic E-state index is -0.455. The third-order valence-electron chi connectivity index (χ3n) is 2.95. The molecule has 3 N–H and O–H groups in total. The number of benzene rings is 1. The number of nitrogens with two attached hydrogens (primary N) is 1. The largest absolute Gasteiger partial charge is 0.491 e. The first-order chi connectivity index (χ1) is 9.06. The quantitative estimate of drug-likeness (QED) is 0.796. The van der Waals surface area contributed by atoms with Crippen molar-refractivity contribution in [2.75, 3.05) is 5.32 Å². The van der Waals surface area contributed by atoms with Gasteiger partial charge in [-0.15, -0.1) is 0 Å². The summed E-state index contributed by atoms with van der Waals surface area (Å²) in [6, 6.07) is 6.94. The van der Waals surface area contributed by atoms with E-state index < -0.39 is 6.04 Å². The number of ether oxygens (including phenoxy) is 1. The van der Waals surface area contributed by atoms with Gasteiger partial charge < -0.3 is 15.8 Å². The van der Waals surface area contributed by atoms with Gasteiger partial charge in [-0.25, -0.2) is 0 Å². The number of rotatable bonds is 7. The summed E-state index contributed by atoms with van der Waals surface area (Å²) in [7, 11) is 0. The molecule has 1 amide bonds. The van der Waals surface area contributed by atoms with Crippen LogP contribution in [0, 0.1) is 0 Å². The van der Waals surface area contributed by atoms with Crippen LogP contribution in [0.5, 0.6) is 5.75 Å². The lowest BCUT2D eigenvalue weighted by Gasteiger charge is -2.15. The monoisotopic (exact) mass is 264 g/mol. The van der Waals surface area contributed by atoms with E-state index in [4.69, 9.17) is 10.5 Å². The molecule has 1 aromatic carbocycles. The fourth-order valence-corrected chi connectivity index (χ4v) is 1.64. The predicted octanol–water partition coefficient (Wildman–Crippen LogP) is 2.93. The Hall–Kier alpha value is -1.55. The Morgan fingerprint density at radius 3 is 2.79 bits per heavy atom. The third kappa shape index (κ3) is 5.30. The minimum Gasteiger partial charge on any atom is -0.491 e. The molecule has 0 aliphatic carbocycles. The summed E-state index contributed by atoms with van der Waals surface area (Å²) >= 11 is 0. The lowest BCUT2D eigenvalue weighted by atomic mass is 10.1. The Bertz CT molecular complexity index is 407. The Morgan fingerprint density at radius 1 is 1.42 bits per heavy atom. The number of anilines is 1. The van der Waals surface area contributed by atoms with Crippen LogP contribution in [0.1, 0.15) is 40.0 Å². The summed E-state index contributed by atoms with van der Waals surface area (Å²) in [5.74, 6) is 0.610. The maximum Gasteiger partial charge on any atom is 0.241 e. The van der Waals surface area contributed by atoms with E-state index in [1.54, 1.807) is 0 Å². The molecule has 0 aliphatic heterocycles. The smallest absolute Gasteiger partial charge is 0.241 e. The highest BCUT2D eigenvalue weighted by Gasteiger charge is 2.12. The van der Waals surface area contributed by atoms with Crippen LogP contribution in [0.2, 0.25) is 0 Å². The number of nitrogens with one attached hydrogen (secondary N) is 1. The average molecular weight is 264 g/mol. The Labute approximate surface area is 115 Å². The molecular formula is C15H24N2O2. The Kier molecular flexibility index (Phi) is 6.36. The second-order valence-electron chi connectivity index (χ2n) is 4.75. The average Bonchev–Trinajstić information content (AvgIpc) is 2.39. The van der Waals surface area contributed by atoms with Crippen molar-refractivity contribution in [1.29, 1.82) is 0 Å². The van der Waals surface area contributed by atoms with E-state index in [-0.39, 0.29) is 12.0 Å². The van der Waals surface area contributed by atoms with Crippen LogP contribution in [0.3, 0.4) is 0 Å². The first-order valence-electron chi connectivity index (χ1n) is 6.90. The lowest BCUT2D eigenvalue weighted by Crippen LogP contribution is -2.35. The van der Waals surface area contributed by atoms with Crippen molar-refractivity contribution in [3.8, 4) is 5.75 Å².